The number of ether oxygens (including phenoxy) is 1. The Morgan fingerprint density at radius 3 is 2.35 bits per heavy atom. The van der Waals surface area contributed by atoms with Gasteiger partial charge in [-0.1, -0.05) is 36.2 Å². The summed E-state index contributed by atoms with van der Waals surface area (Å²) in [5.41, 5.74) is -5.27. The molecule has 0 saturated carbocycles. The molecule has 0 bridgehead atoms. The summed E-state index contributed by atoms with van der Waals surface area (Å²) in [5.74, 6) is -3.72. The van der Waals surface area contributed by atoms with Gasteiger partial charge in [0.25, 0.3) is 5.88 Å². The number of hydrogen-bond donors (Lipinski definition) is 2. The second kappa shape index (κ2) is 9.24. The summed E-state index contributed by atoms with van der Waals surface area (Å²) in [6.07, 6.45) is -1.97. The van der Waals surface area contributed by atoms with E-state index in [2.05, 4.69) is 9.97 Å². The molecular weight excluding hydrogens is 502 g/mol. The summed E-state index contributed by atoms with van der Waals surface area (Å²) in [7, 11) is 1.25. The maximum absolute atomic E-state index is 14.2. The third-order valence-electron chi connectivity index (χ3n) is 5.20. The number of rotatable bonds is 6. The molecule has 180 valence electrons. The van der Waals surface area contributed by atoms with Crippen LogP contribution in [0.4, 0.5) is 13.2 Å². The van der Waals surface area contributed by atoms with Crippen LogP contribution in [0.1, 0.15) is 34.5 Å². The van der Waals surface area contributed by atoms with Crippen LogP contribution in [-0.4, -0.2) is 36.9 Å². The molecule has 1 aromatic carbocycles. The highest BCUT2D eigenvalue weighted by atomic mass is 35.5. The van der Waals surface area contributed by atoms with E-state index in [1.54, 1.807) is 0 Å². The minimum absolute atomic E-state index is 0.176. The smallest absolute Gasteiger partial charge is 0.422 e. The number of aromatic carboxylic acids is 1. The van der Waals surface area contributed by atoms with Crippen molar-refractivity contribution in [2.75, 3.05) is 0 Å². The summed E-state index contributed by atoms with van der Waals surface area (Å²) in [5, 5.41) is 19.4. The fraction of sp³-hybridized carbons (Fsp3) is 0.238. The Labute approximate surface area is 200 Å². The molecule has 0 aliphatic carbocycles. The molecule has 13 heteroatoms. The van der Waals surface area contributed by atoms with Gasteiger partial charge in [-0.15, -0.1) is 0 Å². The van der Waals surface area contributed by atoms with Crippen LogP contribution in [0.5, 0.6) is 11.6 Å². The van der Waals surface area contributed by atoms with Gasteiger partial charge in [0.1, 0.15) is 10.8 Å². The first-order chi connectivity index (χ1) is 15.8. The van der Waals surface area contributed by atoms with Crippen LogP contribution in [0.2, 0.25) is 10.0 Å². The zero-order valence-corrected chi connectivity index (χ0v) is 19.0. The van der Waals surface area contributed by atoms with E-state index >= 15 is 0 Å². The minimum atomic E-state index is -5.16. The highest BCUT2D eigenvalue weighted by molar-refractivity contribution is 6.43. The number of carboxylic acids is 1. The molecule has 0 aliphatic rings. The number of carbonyl (C=O) groups is 1. The third kappa shape index (κ3) is 4.46. The SMILES string of the molecule is CC(c1ccc(Oc2nccnc2C(=O)O)c(Cl)c1Cl)C(O)(c1ccc(=O)n(C)c1)C(F)(F)F. The van der Waals surface area contributed by atoms with E-state index in [1.807, 2.05) is 0 Å². The molecule has 2 atom stereocenters. The van der Waals surface area contributed by atoms with Crippen LogP contribution in [0.15, 0.2) is 47.7 Å². The number of carboxylic acid groups (broad SMARTS) is 1. The number of aromatic nitrogens is 3. The Hall–Kier alpha value is -3.15. The van der Waals surface area contributed by atoms with Gasteiger partial charge in [0, 0.05) is 43.2 Å². The van der Waals surface area contributed by atoms with Gasteiger partial charge in [0.2, 0.25) is 11.3 Å². The number of nitrogens with zero attached hydrogens (tertiary/aromatic N) is 3. The van der Waals surface area contributed by atoms with Crippen molar-refractivity contribution in [3.05, 3.63) is 80.1 Å². The van der Waals surface area contributed by atoms with Crippen LogP contribution >= 0.6 is 23.2 Å². The molecule has 3 rings (SSSR count). The van der Waals surface area contributed by atoms with E-state index in [-0.39, 0.29) is 21.4 Å². The largest absolute Gasteiger partial charge is 0.476 e. The van der Waals surface area contributed by atoms with Gasteiger partial charge in [0.15, 0.2) is 5.60 Å². The Balaban J connectivity index is 2.08. The first-order valence-electron chi connectivity index (χ1n) is 9.45. The number of benzene rings is 1. The molecule has 2 unspecified atom stereocenters. The first-order valence-corrected chi connectivity index (χ1v) is 10.2. The summed E-state index contributed by atoms with van der Waals surface area (Å²) in [6.45, 7) is 1.10. The zero-order chi connectivity index (χ0) is 25.4. The zero-order valence-electron chi connectivity index (χ0n) is 17.5. The van der Waals surface area contributed by atoms with E-state index in [1.165, 1.54) is 13.2 Å². The Morgan fingerprint density at radius 1 is 1.12 bits per heavy atom. The summed E-state index contributed by atoms with van der Waals surface area (Å²) < 4.78 is 48.8. The van der Waals surface area contributed by atoms with Gasteiger partial charge in [-0.2, -0.15) is 13.2 Å². The van der Waals surface area contributed by atoms with Crippen LogP contribution in [0.3, 0.4) is 0 Å². The van der Waals surface area contributed by atoms with Gasteiger partial charge in [0.05, 0.1) is 5.02 Å². The van der Waals surface area contributed by atoms with Gasteiger partial charge in [-0.05, 0) is 17.7 Å². The lowest BCUT2D eigenvalue weighted by molar-refractivity contribution is -0.274. The molecule has 0 spiro atoms. The number of aliphatic hydroxyl groups is 1. The number of hydrogen-bond acceptors (Lipinski definition) is 6. The van der Waals surface area contributed by atoms with Gasteiger partial charge < -0.3 is 19.5 Å². The lowest BCUT2D eigenvalue weighted by Gasteiger charge is -2.37. The second-order valence-electron chi connectivity index (χ2n) is 7.25. The monoisotopic (exact) mass is 517 g/mol. The van der Waals surface area contributed by atoms with Gasteiger partial charge in [-0.3, -0.25) is 4.79 Å². The molecule has 34 heavy (non-hydrogen) atoms. The maximum atomic E-state index is 14.2. The number of halogens is 5. The van der Waals surface area contributed by atoms with Crippen molar-refractivity contribution in [2.24, 2.45) is 7.05 Å². The summed E-state index contributed by atoms with van der Waals surface area (Å²) in [6, 6.07) is 4.12. The van der Waals surface area contributed by atoms with Crippen molar-refractivity contribution in [3.63, 3.8) is 0 Å². The molecule has 2 N–H and O–H groups in total. The predicted molar refractivity (Wildman–Crippen MR) is 116 cm³/mol. The average Bonchev–Trinajstić information content (AvgIpc) is 2.77. The third-order valence-corrected chi connectivity index (χ3v) is 6.08. The highest BCUT2D eigenvalue weighted by Gasteiger charge is 2.59. The molecule has 0 amide bonds. The molecule has 0 aliphatic heterocycles. The number of pyridine rings is 1. The van der Waals surface area contributed by atoms with Crippen molar-refractivity contribution in [2.45, 2.75) is 24.6 Å². The van der Waals surface area contributed by atoms with Crippen molar-refractivity contribution in [1.29, 1.82) is 0 Å². The highest BCUT2D eigenvalue weighted by Crippen LogP contribution is 2.51. The van der Waals surface area contributed by atoms with E-state index in [0.29, 0.717) is 0 Å². The molecule has 0 fully saturated rings. The first kappa shape index (κ1) is 25.5. The minimum Gasteiger partial charge on any atom is -0.476 e. The summed E-state index contributed by atoms with van der Waals surface area (Å²) in [4.78, 5) is 30.3. The van der Waals surface area contributed by atoms with Crippen LogP contribution in [-0.2, 0) is 12.6 Å². The fourth-order valence-corrected chi connectivity index (χ4v) is 3.84. The van der Waals surface area contributed by atoms with Crippen LogP contribution < -0.4 is 10.3 Å². The molecule has 3 aromatic rings. The lowest BCUT2D eigenvalue weighted by Crippen LogP contribution is -2.47. The van der Waals surface area contributed by atoms with Crippen molar-refractivity contribution < 1.29 is 32.9 Å². The summed E-state index contributed by atoms with van der Waals surface area (Å²) >= 11 is 12.5. The van der Waals surface area contributed by atoms with E-state index in [4.69, 9.17) is 27.9 Å². The Kier molecular flexibility index (Phi) is 6.92. The second-order valence-corrected chi connectivity index (χ2v) is 8.01. The van der Waals surface area contributed by atoms with Crippen molar-refractivity contribution in [1.82, 2.24) is 14.5 Å². The number of alkyl halides is 3. The van der Waals surface area contributed by atoms with Crippen LogP contribution in [0.25, 0.3) is 0 Å². The van der Waals surface area contributed by atoms with Crippen molar-refractivity contribution >= 4 is 29.2 Å². The lowest BCUT2D eigenvalue weighted by atomic mass is 9.78. The predicted octanol–water partition coefficient (Wildman–Crippen LogP) is 4.53. The van der Waals surface area contributed by atoms with Gasteiger partial charge >= 0.3 is 12.1 Å². The van der Waals surface area contributed by atoms with E-state index in [9.17, 15) is 33.0 Å². The molecule has 8 nitrogen and oxygen atoms in total. The Bertz CT molecular complexity index is 1320. The van der Waals surface area contributed by atoms with E-state index in [0.717, 1.165) is 48.1 Å². The molecule has 0 saturated heterocycles. The standard InChI is InChI=1S/C21H16Cl2F3N3O5/c1-10(20(33,21(24,25)26)11-3-6-14(30)29(2)9-11)12-4-5-13(16(23)15(12)22)34-18-17(19(31)32)27-7-8-28-18/h3-10,33H,1-2H3,(H,31,32). The van der Waals surface area contributed by atoms with Crippen molar-refractivity contribution in [3.8, 4) is 11.6 Å². The maximum Gasteiger partial charge on any atom is 0.422 e. The fourth-order valence-electron chi connectivity index (χ4n) is 3.31. The molecule has 2 aromatic heterocycles. The van der Waals surface area contributed by atoms with E-state index < -0.39 is 46.4 Å². The quantitative estimate of drug-likeness (QED) is 0.493. The topological polar surface area (TPSA) is 115 Å². The molecule has 0 radical (unpaired) electrons. The normalized spacial score (nSPS) is 14.4. The average molecular weight is 518 g/mol. The molecular formula is C21H16Cl2F3N3O5. The van der Waals surface area contributed by atoms with Gasteiger partial charge in [-0.25, -0.2) is 14.8 Å². The number of aryl methyl sites for hydroxylation is 1. The molecule has 2 heterocycles. The Morgan fingerprint density at radius 2 is 1.76 bits per heavy atom. The van der Waals surface area contributed by atoms with Crippen LogP contribution in [0, 0.1) is 0 Å².